The molecule has 8 nitrogen and oxygen atoms in total. The summed E-state index contributed by atoms with van der Waals surface area (Å²) >= 11 is 0. The van der Waals surface area contributed by atoms with Gasteiger partial charge in [0.15, 0.2) is 0 Å². The fourth-order valence-electron chi connectivity index (χ4n) is 1.73. The molecule has 2 aromatic carbocycles. The van der Waals surface area contributed by atoms with Crippen molar-refractivity contribution >= 4 is 26.2 Å². The van der Waals surface area contributed by atoms with Crippen molar-refractivity contribution in [2.24, 2.45) is 0 Å². The fourth-order valence-corrected chi connectivity index (χ4v) is 3.81. The van der Waals surface area contributed by atoms with Crippen molar-refractivity contribution in [1.29, 1.82) is 0 Å². The Morgan fingerprint density at radius 1 is 0.964 bits per heavy atom. The molecule has 0 aliphatic rings. The molecular weight excluding hydrogens is 408 g/mol. The standard InChI is InChI=1S/C15H16O6S2.C3H4O2/c1-13(21-23(18,19)15-10-6-3-7-11-15)12-20-22(16,17)14-8-4-2-5-9-14;1-2-3(4)5/h2-11,13H,12H2,1H3;2H,1H2,(H,4,5). The van der Waals surface area contributed by atoms with Crippen molar-refractivity contribution in [3.63, 3.8) is 0 Å². The molecule has 1 atom stereocenters. The van der Waals surface area contributed by atoms with Crippen molar-refractivity contribution in [2.75, 3.05) is 6.61 Å². The van der Waals surface area contributed by atoms with Crippen LogP contribution in [0, 0.1) is 0 Å². The van der Waals surface area contributed by atoms with E-state index in [-0.39, 0.29) is 9.79 Å². The zero-order valence-corrected chi connectivity index (χ0v) is 16.6. The minimum absolute atomic E-state index is 0.00174. The lowest BCUT2D eigenvalue weighted by atomic mass is 10.4. The third kappa shape index (κ3) is 8.01. The molecule has 0 saturated carbocycles. The van der Waals surface area contributed by atoms with Crippen LogP contribution in [0.25, 0.3) is 0 Å². The highest BCUT2D eigenvalue weighted by Gasteiger charge is 2.22. The van der Waals surface area contributed by atoms with E-state index in [4.69, 9.17) is 13.5 Å². The number of carboxylic acid groups (broad SMARTS) is 1. The van der Waals surface area contributed by atoms with Gasteiger partial charge in [-0.2, -0.15) is 16.8 Å². The lowest BCUT2D eigenvalue weighted by Crippen LogP contribution is -2.22. The van der Waals surface area contributed by atoms with Gasteiger partial charge < -0.3 is 5.11 Å². The summed E-state index contributed by atoms with van der Waals surface area (Å²) in [5.41, 5.74) is 0. The average Bonchev–Trinajstić information content (AvgIpc) is 2.68. The molecule has 0 aliphatic carbocycles. The van der Waals surface area contributed by atoms with Crippen molar-refractivity contribution in [3.8, 4) is 0 Å². The number of hydrogen-bond donors (Lipinski definition) is 1. The summed E-state index contributed by atoms with van der Waals surface area (Å²) in [5, 5.41) is 7.60. The Morgan fingerprint density at radius 3 is 1.75 bits per heavy atom. The molecule has 0 fully saturated rings. The predicted molar refractivity (Wildman–Crippen MR) is 102 cm³/mol. The van der Waals surface area contributed by atoms with Crippen LogP contribution in [0.1, 0.15) is 6.92 Å². The summed E-state index contributed by atoms with van der Waals surface area (Å²) in [5.74, 6) is -0.981. The molecular formula is C18H20O8S2. The van der Waals surface area contributed by atoms with Crippen LogP contribution < -0.4 is 0 Å². The first-order valence-electron chi connectivity index (χ1n) is 7.86. The Kier molecular flexibility index (Phi) is 9.00. The van der Waals surface area contributed by atoms with E-state index in [1.54, 1.807) is 36.4 Å². The Balaban J connectivity index is 0.000000696. The van der Waals surface area contributed by atoms with Gasteiger partial charge in [0.1, 0.15) is 0 Å². The molecule has 0 spiro atoms. The second-order valence-corrected chi connectivity index (χ2v) is 8.46. The van der Waals surface area contributed by atoms with E-state index in [1.165, 1.54) is 31.2 Å². The molecule has 1 N–H and O–H groups in total. The van der Waals surface area contributed by atoms with Gasteiger partial charge in [0.25, 0.3) is 20.2 Å². The van der Waals surface area contributed by atoms with Gasteiger partial charge in [-0.1, -0.05) is 43.0 Å². The molecule has 2 aromatic rings. The van der Waals surface area contributed by atoms with Crippen LogP contribution in [-0.2, 0) is 33.4 Å². The molecule has 0 heterocycles. The minimum atomic E-state index is -3.97. The maximum Gasteiger partial charge on any atom is 0.327 e. The SMILES string of the molecule is C=CC(=O)O.CC(COS(=O)(=O)c1ccccc1)OS(=O)(=O)c1ccccc1. The normalized spacial score (nSPS) is 12.3. The van der Waals surface area contributed by atoms with Crippen LogP contribution in [0.4, 0.5) is 0 Å². The van der Waals surface area contributed by atoms with Gasteiger partial charge in [-0.05, 0) is 31.2 Å². The third-order valence-corrected chi connectivity index (χ3v) is 5.71. The topological polar surface area (TPSA) is 124 Å². The Morgan fingerprint density at radius 2 is 1.36 bits per heavy atom. The molecule has 0 radical (unpaired) electrons. The molecule has 152 valence electrons. The van der Waals surface area contributed by atoms with Crippen molar-refractivity contribution < 1.29 is 35.1 Å². The van der Waals surface area contributed by atoms with Crippen molar-refractivity contribution in [1.82, 2.24) is 0 Å². The van der Waals surface area contributed by atoms with E-state index >= 15 is 0 Å². The van der Waals surface area contributed by atoms with Crippen LogP contribution in [0.3, 0.4) is 0 Å². The highest BCUT2D eigenvalue weighted by Crippen LogP contribution is 2.16. The first kappa shape index (κ1) is 23.5. The quantitative estimate of drug-likeness (QED) is 0.502. The highest BCUT2D eigenvalue weighted by atomic mass is 32.2. The molecule has 0 aliphatic heterocycles. The van der Waals surface area contributed by atoms with Crippen LogP contribution in [0.15, 0.2) is 83.1 Å². The number of rotatable bonds is 8. The Bertz CT molecular complexity index is 969. The van der Waals surface area contributed by atoms with Crippen molar-refractivity contribution in [3.05, 3.63) is 73.3 Å². The fraction of sp³-hybridized carbons (Fsp3) is 0.167. The number of hydrogen-bond acceptors (Lipinski definition) is 7. The van der Waals surface area contributed by atoms with Gasteiger partial charge >= 0.3 is 5.97 Å². The molecule has 2 rings (SSSR count). The second-order valence-electron chi connectivity index (χ2n) is 5.27. The number of aliphatic carboxylic acids is 1. The molecule has 0 aromatic heterocycles. The Labute approximate surface area is 164 Å². The molecule has 10 heteroatoms. The lowest BCUT2D eigenvalue weighted by molar-refractivity contribution is -0.131. The van der Waals surface area contributed by atoms with Gasteiger partial charge in [0.05, 0.1) is 22.5 Å². The summed E-state index contributed by atoms with van der Waals surface area (Å²) in [6, 6.07) is 15.2. The zero-order chi connectivity index (χ0) is 21.2. The minimum Gasteiger partial charge on any atom is -0.478 e. The van der Waals surface area contributed by atoms with Gasteiger partial charge in [0, 0.05) is 6.08 Å². The maximum atomic E-state index is 12.0. The number of benzene rings is 2. The summed E-state index contributed by atoms with van der Waals surface area (Å²) in [4.78, 5) is 9.25. The first-order chi connectivity index (χ1) is 13.1. The van der Waals surface area contributed by atoms with Crippen LogP contribution in [0.5, 0.6) is 0 Å². The van der Waals surface area contributed by atoms with Crippen LogP contribution in [0.2, 0.25) is 0 Å². The molecule has 0 bridgehead atoms. The molecule has 0 saturated heterocycles. The summed E-state index contributed by atoms with van der Waals surface area (Å²) < 4.78 is 57.7. The van der Waals surface area contributed by atoms with Gasteiger partial charge in [0.2, 0.25) is 0 Å². The zero-order valence-electron chi connectivity index (χ0n) is 15.0. The van der Waals surface area contributed by atoms with Gasteiger partial charge in [-0.3, -0.25) is 8.37 Å². The van der Waals surface area contributed by atoms with E-state index in [1.807, 2.05) is 0 Å². The number of carbonyl (C=O) groups is 1. The van der Waals surface area contributed by atoms with E-state index in [0.29, 0.717) is 0 Å². The average molecular weight is 428 g/mol. The Hall–Kier alpha value is -2.53. The van der Waals surface area contributed by atoms with E-state index in [9.17, 15) is 21.6 Å². The first-order valence-corrected chi connectivity index (χ1v) is 10.7. The van der Waals surface area contributed by atoms with Gasteiger partial charge in [-0.25, -0.2) is 4.79 Å². The smallest absolute Gasteiger partial charge is 0.327 e. The molecule has 1 unspecified atom stereocenters. The lowest BCUT2D eigenvalue weighted by Gasteiger charge is -2.13. The summed E-state index contributed by atoms with van der Waals surface area (Å²) in [6.07, 6.45) is -0.126. The van der Waals surface area contributed by atoms with Crippen molar-refractivity contribution in [2.45, 2.75) is 22.8 Å². The van der Waals surface area contributed by atoms with E-state index in [0.717, 1.165) is 6.08 Å². The van der Waals surface area contributed by atoms with Crippen LogP contribution in [-0.4, -0.2) is 40.6 Å². The van der Waals surface area contributed by atoms with Gasteiger partial charge in [-0.15, -0.1) is 0 Å². The summed E-state index contributed by atoms with van der Waals surface area (Å²) in [7, 11) is -7.92. The van der Waals surface area contributed by atoms with E-state index in [2.05, 4.69) is 6.58 Å². The predicted octanol–water partition coefficient (Wildman–Crippen LogP) is 2.44. The number of carboxylic acids is 1. The largest absolute Gasteiger partial charge is 0.478 e. The van der Waals surface area contributed by atoms with Crippen LogP contribution >= 0.6 is 0 Å². The molecule has 0 amide bonds. The molecule has 28 heavy (non-hydrogen) atoms. The summed E-state index contributed by atoms with van der Waals surface area (Å²) in [6.45, 7) is 3.96. The second kappa shape index (κ2) is 10.7. The maximum absolute atomic E-state index is 12.0. The highest BCUT2D eigenvalue weighted by molar-refractivity contribution is 7.87. The van der Waals surface area contributed by atoms with E-state index < -0.39 is 38.9 Å². The third-order valence-electron chi connectivity index (χ3n) is 2.99. The monoisotopic (exact) mass is 428 g/mol.